The van der Waals surface area contributed by atoms with E-state index in [0.717, 1.165) is 24.3 Å². The van der Waals surface area contributed by atoms with Crippen molar-refractivity contribution in [2.24, 2.45) is 5.73 Å². The van der Waals surface area contributed by atoms with Gasteiger partial charge in [-0.15, -0.1) is 11.3 Å². The Morgan fingerprint density at radius 2 is 2.20 bits per heavy atom. The highest BCUT2D eigenvalue weighted by atomic mass is 32.2. The van der Waals surface area contributed by atoms with Gasteiger partial charge in [0.25, 0.3) is 0 Å². The zero-order valence-corrected chi connectivity index (χ0v) is 10.8. The normalized spacial score (nSPS) is 20.4. The highest BCUT2D eigenvalue weighted by Gasteiger charge is 2.31. The summed E-state index contributed by atoms with van der Waals surface area (Å²) >= 11 is 3.58. The van der Waals surface area contributed by atoms with Crippen molar-refractivity contribution >= 4 is 23.1 Å². The number of rotatable bonds is 3. The molecule has 1 aliphatic rings. The molecule has 1 fully saturated rings. The Kier molecular flexibility index (Phi) is 3.69. The van der Waals surface area contributed by atoms with E-state index in [1.807, 2.05) is 11.8 Å². The second-order valence-electron chi connectivity index (χ2n) is 4.28. The van der Waals surface area contributed by atoms with Crippen LogP contribution in [0.1, 0.15) is 42.8 Å². The van der Waals surface area contributed by atoms with E-state index in [9.17, 15) is 0 Å². The van der Waals surface area contributed by atoms with Gasteiger partial charge >= 0.3 is 0 Å². The molecule has 0 radical (unpaired) electrons. The quantitative estimate of drug-likeness (QED) is 0.885. The van der Waals surface area contributed by atoms with Crippen molar-refractivity contribution in [3.63, 3.8) is 0 Å². The van der Waals surface area contributed by atoms with Crippen LogP contribution in [0, 0.1) is 0 Å². The molecule has 2 rings (SSSR count). The maximum absolute atomic E-state index is 6.43. The van der Waals surface area contributed by atoms with Crippen LogP contribution < -0.4 is 5.73 Å². The summed E-state index contributed by atoms with van der Waals surface area (Å²) in [5.41, 5.74) is 7.44. The smallest absolute Gasteiger partial charge is 0.103 e. The van der Waals surface area contributed by atoms with Crippen LogP contribution in [-0.2, 0) is 11.3 Å². The van der Waals surface area contributed by atoms with E-state index in [1.54, 1.807) is 11.3 Å². The summed E-state index contributed by atoms with van der Waals surface area (Å²) in [6, 6.07) is 0. The van der Waals surface area contributed by atoms with Crippen molar-refractivity contribution in [3.8, 4) is 0 Å². The van der Waals surface area contributed by atoms with Gasteiger partial charge in [-0.05, 0) is 19.1 Å². The lowest BCUT2D eigenvalue weighted by atomic mass is 9.81. The Balaban J connectivity index is 2.12. The van der Waals surface area contributed by atoms with Crippen molar-refractivity contribution in [3.05, 3.63) is 16.1 Å². The predicted molar refractivity (Wildman–Crippen MR) is 68.3 cm³/mol. The van der Waals surface area contributed by atoms with Crippen molar-refractivity contribution in [1.29, 1.82) is 0 Å². The first kappa shape index (κ1) is 11.4. The van der Waals surface area contributed by atoms with Gasteiger partial charge < -0.3 is 5.73 Å². The number of thiazole rings is 1. The maximum atomic E-state index is 6.43. The van der Waals surface area contributed by atoms with E-state index in [2.05, 4.69) is 16.6 Å². The van der Waals surface area contributed by atoms with Crippen LogP contribution >= 0.6 is 23.1 Å². The van der Waals surface area contributed by atoms with E-state index in [4.69, 9.17) is 5.73 Å². The van der Waals surface area contributed by atoms with Crippen LogP contribution in [0.25, 0.3) is 0 Å². The fourth-order valence-electron chi connectivity index (χ4n) is 2.17. The van der Waals surface area contributed by atoms with Crippen molar-refractivity contribution in [1.82, 2.24) is 4.98 Å². The number of thioether (sulfide) groups is 1. The third-order valence-corrected chi connectivity index (χ3v) is 4.67. The highest BCUT2D eigenvalue weighted by molar-refractivity contribution is 7.97. The Morgan fingerprint density at radius 1 is 1.47 bits per heavy atom. The molecule has 0 bridgehead atoms. The topological polar surface area (TPSA) is 38.9 Å². The molecule has 1 saturated carbocycles. The number of hydrogen-bond acceptors (Lipinski definition) is 4. The number of aromatic nitrogens is 1. The second-order valence-corrected chi connectivity index (χ2v) is 6.08. The minimum Gasteiger partial charge on any atom is -0.320 e. The number of nitrogens with two attached hydrogens (primary N) is 1. The first-order valence-electron chi connectivity index (χ1n) is 5.47. The van der Waals surface area contributed by atoms with Crippen molar-refractivity contribution in [2.45, 2.75) is 43.4 Å². The monoisotopic (exact) mass is 242 g/mol. The molecule has 0 unspecified atom stereocenters. The lowest BCUT2D eigenvalue weighted by Gasteiger charge is -2.31. The molecule has 0 aromatic carbocycles. The summed E-state index contributed by atoms with van der Waals surface area (Å²) in [5.74, 6) is 1.01. The van der Waals surface area contributed by atoms with Crippen molar-refractivity contribution in [2.75, 3.05) is 6.26 Å². The summed E-state index contributed by atoms with van der Waals surface area (Å²) in [5, 5.41) is 3.38. The molecular weight excluding hydrogens is 224 g/mol. The molecule has 1 heterocycles. The van der Waals surface area contributed by atoms with Crippen LogP contribution in [0.5, 0.6) is 0 Å². The summed E-state index contributed by atoms with van der Waals surface area (Å²) in [6.07, 6.45) is 8.17. The summed E-state index contributed by atoms with van der Waals surface area (Å²) in [6.45, 7) is 0. The fraction of sp³-hybridized carbons (Fsp3) is 0.727. The van der Waals surface area contributed by atoms with E-state index in [-0.39, 0.29) is 5.54 Å². The molecular formula is C11H18N2S2. The van der Waals surface area contributed by atoms with Crippen LogP contribution in [0.2, 0.25) is 0 Å². The fourth-order valence-corrected chi connectivity index (χ4v) is 3.79. The first-order chi connectivity index (χ1) is 7.24. The third kappa shape index (κ3) is 2.55. The van der Waals surface area contributed by atoms with Crippen LogP contribution in [-0.4, -0.2) is 11.2 Å². The van der Waals surface area contributed by atoms with E-state index in [1.165, 1.54) is 24.3 Å². The van der Waals surface area contributed by atoms with Crippen LogP contribution in [0.15, 0.2) is 5.38 Å². The lowest BCUT2D eigenvalue weighted by molar-refractivity contribution is 0.296. The zero-order chi connectivity index (χ0) is 10.7. The van der Waals surface area contributed by atoms with Crippen LogP contribution in [0.3, 0.4) is 0 Å². The summed E-state index contributed by atoms with van der Waals surface area (Å²) in [7, 11) is 0. The molecule has 15 heavy (non-hydrogen) atoms. The van der Waals surface area contributed by atoms with Gasteiger partial charge in [0.05, 0.1) is 11.2 Å². The van der Waals surface area contributed by atoms with Gasteiger partial charge in [-0.1, -0.05) is 19.3 Å². The number of hydrogen-bond donors (Lipinski definition) is 1. The van der Waals surface area contributed by atoms with Gasteiger partial charge in [0, 0.05) is 11.1 Å². The van der Waals surface area contributed by atoms with Gasteiger partial charge in [0.2, 0.25) is 0 Å². The molecule has 1 aromatic heterocycles. The molecule has 1 aromatic rings. The molecule has 2 N–H and O–H groups in total. The Hall–Kier alpha value is -0.0600. The van der Waals surface area contributed by atoms with Gasteiger partial charge in [-0.2, -0.15) is 11.8 Å². The predicted octanol–water partition coefficient (Wildman–Crippen LogP) is 3.12. The average molecular weight is 242 g/mol. The molecule has 0 amide bonds. The summed E-state index contributed by atoms with van der Waals surface area (Å²) < 4.78 is 0. The van der Waals surface area contributed by atoms with Crippen LogP contribution in [0.4, 0.5) is 0 Å². The van der Waals surface area contributed by atoms with E-state index in [0.29, 0.717) is 0 Å². The molecule has 0 saturated heterocycles. The molecule has 4 heteroatoms. The lowest BCUT2D eigenvalue weighted by Crippen LogP contribution is -2.38. The Bertz CT molecular complexity index is 316. The van der Waals surface area contributed by atoms with Crippen molar-refractivity contribution < 1.29 is 0 Å². The third-order valence-electron chi connectivity index (χ3n) is 3.08. The van der Waals surface area contributed by atoms with Gasteiger partial charge in [0.1, 0.15) is 5.01 Å². The van der Waals surface area contributed by atoms with E-state index >= 15 is 0 Å². The SMILES string of the molecule is CSCc1nc(C2(N)CCCCC2)cs1. The molecule has 1 aliphatic carbocycles. The standard InChI is InChI=1S/C11H18N2S2/c1-14-8-10-13-9(7-15-10)11(12)5-3-2-4-6-11/h7H,2-6,8,12H2,1H3. The molecule has 0 spiro atoms. The first-order valence-corrected chi connectivity index (χ1v) is 7.75. The van der Waals surface area contributed by atoms with Gasteiger partial charge in [-0.3, -0.25) is 0 Å². The van der Waals surface area contributed by atoms with Gasteiger partial charge in [0.15, 0.2) is 0 Å². The number of nitrogens with zero attached hydrogens (tertiary/aromatic N) is 1. The Morgan fingerprint density at radius 3 is 2.87 bits per heavy atom. The maximum Gasteiger partial charge on any atom is 0.103 e. The summed E-state index contributed by atoms with van der Waals surface area (Å²) in [4.78, 5) is 4.67. The largest absolute Gasteiger partial charge is 0.320 e. The molecule has 2 nitrogen and oxygen atoms in total. The minimum absolute atomic E-state index is 0.120. The highest BCUT2D eigenvalue weighted by Crippen LogP contribution is 2.35. The minimum atomic E-state index is -0.120. The average Bonchev–Trinajstić information content (AvgIpc) is 2.69. The van der Waals surface area contributed by atoms with E-state index < -0.39 is 0 Å². The van der Waals surface area contributed by atoms with Gasteiger partial charge in [-0.25, -0.2) is 4.98 Å². The Labute approximate surface area is 99.7 Å². The second kappa shape index (κ2) is 4.85. The molecule has 84 valence electrons. The molecule has 0 aliphatic heterocycles. The zero-order valence-electron chi connectivity index (χ0n) is 9.16. The molecule has 0 atom stereocenters.